The average Bonchev–Trinajstić information content (AvgIpc) is 2.86. The second kappa shape index (κ2) is 10.6. The molecule has 0 aromatic rings. The van der Waals surface area contributed by atoms with E-state index in [2.05, 4.69) is 15.6 Å². The van der Waals surface area contributed by atoms with Crippen LogP contribution in [0.2, 0.25) is 0 Å². The third-order valence-electron chi connectivity index (χ3n) is 2.58. The summed E-state index contributed by atoms with van der Waals surface area (Å²) in [5, 5.41) is 18.9. The van der Waals surface area contributed by atoms with Crippen LogP contribution in [0.1, 0.15) is 0 Å². The monoisotopic (exact) mass is 379 g/mol. The van der Waals surface area contributed by atoms with Crippen LogP contribution >= 0.6 is 11.8 Å². The van der Waals surface area contributed by atoms with Crippen LogP contribution in [0.25, 0.3) is 0 Å². The van der Waals surface area contributed by atoms with Crippen LogP contribution in [0, 0.1) is 10.1 Å². The topological polar surface area (TPSA) is 99.9 Å². The van der Waals surface area contributed by atoms with Gasteiger partial charge >= 0.3 is 0 Å². The summed E-state index contributed by atoms with van der Waals surface area (Å²) >= 11 is 1.67. The highest BCUT2D eigenvalue weighted by Gasteiger charge is 2.15. The molecule has 130 valence electrons. The molecule has 1 rings (SSSR count). The number of hydrogen-bond donors (Lipinski definition) is 2. The normalized spacial score (nSPS) is 17.7. The second-order valence-electron chi connectivity index (χ2n) is 4.78. The highest BCUT2D eigenvalue weighted by molar-refractivity contribution is 8.41. The van der Waals surface area contributed by atoms with E-state index in [1.807, 2.05) is 24.4 Å². The van der Waals surface area contributed by atoms with Crippen molar-refractivity contribution in [3.63, 3.8) is 0 Å². The van der Waals surface area contributed by atoms with Gasteiger partial charge in [0, 0.05) is 37.1 Å². The van der Waals surface area contributed by atoms with E-state index in [-0.39, 0.29) is 0 Å². The molecule has 8 nitrogen and oxygen atoms in total. The lowest BCUT2D eigenvalue weighted by molar-refractivity contribution is -0.404. The minimum absolute atomic E-state index is 0.381. The molecule has 0 saturated heterocycles. The van der Waals surface area contributed by atoms with Crippen molar-refractivity contribution in [1.82, 2.24) is 15.5 Å². The van der Waals surface area contributed by atoms with E-state index in [0.717, 1.165) is 28.4 Å². The summed E-state index contributed by atoms with van der Waals surface area (Å²) in [5.41, 5.74) is 0.938. The third kappa shape index (κ3) is 7.77. The zero-order valence-electron chi connectivity index (χ0n) is 13.3. The molecule has 1 unspecified atom stereocenters. The predicted molar refractivity (Wildman–Crippen MR) is 99.0 cm³/mol. The Morgan fingerprint density at radius 3 is 2.87 bits per heavy atom. The summed E-state index contributed by atoms with van der Waals surface area (Å²) in [6.07, 6.45) is 0.902. The van der Waals surface area contributed by atoms with E-state index in [0.29, 0.717) is 29.1 Å². The van der Waals surface area contributed by atoms with E-state index in [1.54, 1.807) is 18.8 Å². The fraction of sp³-hybridized carbons (Fsp3) is 0.583. The van der Waals surface area contributed by atoms with E-state index in [1.165, 1.54) is 0 Å². The van der Waals surface area contributed by atoms with Crippen LogP contribution in [0.15, 0.2) is 28.1 Å². The molecule has 1 aliphatic rings. The van der Waals surface area contributed by atoms with Gasteiger partial charge in [0.05, 0.1) is 15.7 Å². The van der Waals surface area contributed by atoms with Crippen LogP contribution in [-0.2, 0) is 19.7 Å². The molecule has 0 spiro atoms. The summed E-state index contributed by atoms with van der Waals surface area (Å²) < 4.78 is 11.1. The summed E-state index contributed by atoms with van der Waals surface area (Å²) in [6, 6.07) is 0. The quantitative estimate of drug-likeness (QED) is 0.317. The molecule has 0 aromatic carbocycles. The van der Waals surface area contributed by atoms with Crippen LogP contribution < -0.4 is 10.6 Å². The molecule has 2 N–H and O–H groups in total. The zero-order valence-corrected chi connectivity index (χ0v) is 15.7. The van der Waals surface area contributed by atoms with Crippen molar-refractivity contribution in [1.29, 1.82) is 0 Å². The fourth-order valence-corrected chi connectivity index (χ4v) is 4.70. The molecule has 1 heterocycles. The van der Waals surface area contributed by atoms with Gasteiger partial charge in [0.1, 0.15) is 10.2 Å². The van der Waals surface area contributed by atoms with Gasteiger partial charge in [-0.25, -0.2) is 9.20 Å². The minimum Gasteiger partial charge on any atom is -0.370 e. The standard InChI is InChI=1S/C12H21N5O3S3/c1-13-11(6-17(18)19)14-4-5-21-8-10-9-23(22-20)12(15-10)7-16(2)3/h6,9,13-14H,4-5,7-8H2,1-3H3/b11-6+. The van der Waals surface area contributed by atoms with Crippen LogP contribution in [0.3, 0.4) is 0 Å². The van der Waals surface area contributed by atoms with Crippen molar-refractivity contribution in [2.45, 2.75) is 0 Å². The predicted octanol–water partition coefficient (Wildman–Crippen LogP) is 0.166. The summed E-state index contributed by atoms with van der Waals surface area (Å²) in [5.74, 6) is 1.90. The molecule has 1 atom stereocenters. The van der Waals surface area contributed by atoms with E-state index < -0.39 is 14.4 Å². The first-order valence-corrected chi connectivity index (χ1v) is 10.5. The van der Waals surface area contributed by atoms with Gasteiger partial charge in [-0.3, -0.25) is 10.1 Å². The number of rotatable bonds is 10. The lowest BCUT2D eigenvalue weighted by Crippen LogP contribution is -2.26. The number of thioether (sulfide) groups is 1. The molecule has 0 amide bonds. The van der Waals surface area contributed by atoms with Gasteiger partial charge in [-0.05, 0) is 23.5 Å². The number of nitro groups is 1. The van der Waals surface area contributed by atoms with Gasteiger partial charge < -0.3 is 15.5 Å². The van der Waals surface area contributed by atoms with E-state index >= 15 is 0 Å². The van der Waals surface area contributed by atoms with Gasteiger partial charge in [0.2, 0.25) is 0 Å². The lowest BCUT2D eigenvalue weighted by atomic mass is 10.5. The molecule has 0 saturated carbocycles. The van der Waals surface area contributed by atoms with Gasteiger partial charge in [0.25, 0.3) is 6.20 Å². The van der Waals surface area contributed by atoms with Gasteiger partial charge in [-0.15, -0.1) is 0 Å². The first-order chi connectivity index (χ1) is 11.0. The Balaban J connectivity index is 2.38. The molecule has 11 heteroatoms. The highest BCUT2D eigenvalue weighted by atomic mass is 32.8. The molecule has 0 fully saturated rings. The highest BCUT2D eigenvalue weighted by Crippen LogP contribution is 2.17. The van der Waals surface area contributed by atoms with Crippen molar-refractivity contribution in [2.75, 3.05) is 45.7 Å². The largest absolute Gasteiger partial charge is 0.370 e. The molecule has 0 aromatic heterocycles. The van der Waals surface area contributed by atoms with Crippen LogP contribution in [0.4, 0.5) is 0 Å². The first-order valence-electron chi connectivity index (χ1n) is 6.77. The number of nitrogens with one attached hydrogen (secondary N) is 2. The Kier molecular flexibility index (Phi) is 9.14. The third-order valence-corrected chi connectivity index (χ3v) is 6.20. The maximum atomic E-state index is 11.1. The van der Waals surface area contributed by atoms with Gasteiger partial charge in [-0.1, -0.05) is 0 Å². The van der Waals surface area contributed by atoms with E-state index in [9.17, 15) is 14.3 Å². The molecular weight excluding hydrogens is 358 g/mol. The minimum atomic E-state index is -0.502. The van der Waals surface area contributed by atoms with Crippen molar-refractivity contribution >= 4 is 36.5 Å². The Hall–Kier alpha value is -1.17. The first kappa shape index (κ1) is 19.9. The summed E-state index contributed by atoms with van der Waals surface area (Å²) in [6.45, 7) is 1.30. The maximum absolute atomic E-state index is 11.1. The average molecular weight is 380 g/mol. The number of nitrogens with zero attached hydrogens (tertiary/aromatic N) is 3. The summed E-state index contributed by atoms with van der Waals surface area (Å²) in [7, 11) is 5.66. The second-order valence-corrected chi connectivity index (χ2v) is 8.80. The summed E-state index contributed by atoms with van der Waals surface area (Å²) in [4.78, 5) is 16.4. The zero-order chi connectivity index (χ0) is 17.2. The van der Waals surface area contributed by atoms with Crippen molar-refractivity contribution in [3.05, 3.63) is 33.2 Å². The van der Waals surface area contributed by atoms with E-state index in [4.69, 9.17) is 0 Å². The van der Waals surface area contributed by atoms with Gasteiger partial charge in [0.15, 0.2) is 5.82 Å². The molecule has 0 bridgehead atoms. The molecular formula is C12H21N5O3S3. The smallest absolute Gasteiger partial charge is 0.274 e. The Morgan fingerprint density at radius 1 is 1.57 bits per heavy atom. The molecule has 1 aliphatic heterocycles. The Bertz CT molecular complexity index is 582. The van der Waals surface area contributed by atoms with Crippen LogP contribution in [-0.4, -0.2) is 64.8 Å². The fourth-order valence-electron chi connectivity index (χ4n) is 1.66. The van der Waals surface area contributed by atoms with Crippen molar-refractivity contribution in [3.8, 4) is 0 Å². The molecule has 0 aliphatic carbocycles. The van der Waals surface area contributed by atoms with Crippen molar-refractivity contribution < 1.29 is 9.13 Å². The van der Waals surface area contributed by atoms with Gasteiger partial charge in [-0.2, -0.15) is 11.8 Å². The Labute approximate surface area is 145 Å². The lowest BCUT2D eigenvalue weighted by Gasteiger charge is -2.08. The molecule has 0 radical (unpaired) electrons. The number of aliphatic imine (C=N–C) groups is 1. The molecule has 23 heavy (non-hydrogen) atoms. The Morgan fingerprint density at radius 2 is 2.30 bits per heavy atom. The SMILES string of the molecule is CN/C(=C\[N+](=O)[O-])NCCSCC1=CS(=S=O)C(CN(C)C)=N1. The van der Waals surface area contributed by atoms with Crippen molar-refractivity contribution in [2.24, 2.45) is 4.99 Å². The van der Waals surface area contributed by atoms with Crippen LogP contribution in [0.5, 0.6) is 0 Å². The maximum Gasteiger partial charge on any atom is 0.274 e. The number of hydrogen-bond acceptors (Lipinski definition) is 8.